The maximum absolute atomic E-state index is 6.84. The summed E-state index contributed by atoms with van der Waals surface area (Å²) in [6, 6.07) is 64.2. The lowest BCUT2D eigenvalue weighted by atomic mass is 9.99. The Kier molecular flexibility index (Phi) is 6.22. The highest BCUT2D eigenvalue weighted by molar-refractivity contribution is 6.18. The Hall–Kier alpha value is -7.04. The number of aromatic nitrogens is 1. The number of nitrogens with zero attached hydrogens (tertiary/aromatic N) is 2. The largest absolute Gasteiger partial charge is 0.456 e. The fourth-order valence-corrected chi connectivity index (χ4v) is 8.10. The van der Waals surface area contributed by atoms with Crippen molar-refractivity contribution in [3.63, 3.8) is 0 Å². The molecule has 0 aliphatic rings. The molecule has 3 aromatic heterocycles. The van der Waals surface area contributed by atoms with Crippen LogP contribution < -0.4 is 4.90 Å². The molecule has 0 atom stereocenters. The lowest BCUT2D eigenvalue weighted by Crippen LogP contribution is -2.10. The van der Waals surface area contributed by atoms with Crippen LogP contribution in [-0.2, 0) is 0 Å². The number of benzene rings is 8. The maximum Gasteiger partial charge on any atom is 0.145 e. The molecule has 0 N–H and O–H groups in total. The third-order valence-electron chi connectivity index (χ3n) is 10.4. The third kappa shape index (κ3) is 4.28. The minimum absolute atomic E-state index is 0.855. The average molecular weight is 667 g/mol. The highest BCUT2D eigenvalue weighted by Gasteiger charge is 2.23. The first kappa shape index (κ1) is 28.8. The Morgan fingerprint density at radius 1 is 0.404 bits per heavy atom. The van der Waals surface area contributed by atoms with Crippen LogP contribution >= 0.6 is 0 Å². The van der Waals surface area contributed by atoms with Gasteiger partial charge in [0.1, 0.15) is 22.3 Å². The molecular formula is C48H30N2O2. The molecule has 0 fully saturated rings. The Balaban J connectivity index is 1.15. The fraction of sp³-hybridized carbons (Fsp3) is 0. The first-order chi connectivity index (χ1) is 25.8. The maximum atomic E-state index is 6.84. The van der Waals surface area contributed by atoms with E-state index >= 15 is 0 Å². The first-order valence-corrected chi connectivity index (χ1v) is 17.6. The Morgan fingerprint density at radius 3 is 1.81 bits per heavy atom. The number of anilines is 3. The van der Waals surface area contributed by atoms with Crippen molar-refractivity contribution in [2.75, 3.05) is 4.90 Å². The van der Waals surface area contributed by atoms with Crippen LogP contribution in [0.25, 0.3) is 82.5 Å². The third-order valence-corrected chi connectivity index (χ3v) is 10.4. The Morgan fingerprint density at radius 2 is 1.04 bits per heavy atom. The van der Waals surface area contributed by atoms with E-state index in [4.69, 9.17) is 8.83 Å². The van der Waals surface area contributed by atoms with Crippen molar-refractivity contribution in [3.05, 3.63) is 182 Å². The van der Waals surface area contributed by atoms with E-state index in [9.17, 15) is 0 Å². The molecule has 3 heterocycles. The molecule has 0 aliphatic heterocycles. The minimum Gasteiger partial charge on any atom is -0.456 e. The summed E-state index contributed by atoms with van der Waals surface area (Å²) in [4.78, 5) is 2.34. The highest BCUT2D eigenvalue weighted by Crippen LogP contribution is 2.47. The zero-order valence-corrected chi connectivity index (χ0v) is 28.0. The molecule has 4 heteroatoms. The van der Waals surface area contributed by atoms with Gasteiger partial charge in [0.05, 0.1) is 22.1 Å². The van der Waals surface area contributed by atoms with Gasteiger partial charge < -0.3 is 18.3 Å². The lowest BCUT2D eigenvalue weighted by molar-refractivity contribution is 0.669. The molecule has 244 valence electrons. The highest BCUT2D eigenvalue weighted by atomic mass is 16.3. The van der Waals surface area contributed by atoms with E-state index in [0.29, 0.717) is 0 Å². The van der Waals surface area contributed by atoms with Gasteiger partial charge in [-0.15, -0.1) is 0 Å². The molecule has 0 saturated carbocycles. The van der Waals surface area contributed by atoms with Crippen molar-refractivity contribution < 1.29 is 8.83 Å². The zero-order chi connectivity index (χ0) is 34.2. The van der Waals surface area contributed by atoms with Gasteiger partial charge >= 0.3 is 0 Å². The van der Waals surface area contributed by atoms with E-state index in [2.05, 4.69) is 173 Å². The molecule has 11 rings (SSSR count). The van der Waals surface area contributed by atoms with Crippen molar-refractivity contribution in [2.24, 2.45) is 0 Å². The van der Waals surface area contributed by atoms with Crippen LogP contribution in [0.3, 0.4) is 0 Å². The molecule has 0 radical (unpaired) electrons. The smallest absolute Gasteiger partial charge is 0.145 e. The minimum atomic E-state index is 0.855. The molecule has 4 nitrogen and oxygen atoms in total. The molecule has 0 aliphatic carbocycles. The molecule has 11 aromatic rings. The SMILES string of the molecule is c1ccc(N(c2ccc3oc4ccccc4c3c2)c2ccc(-c3cccc(-n4c5ccccc5c5ccccc54)c3)c3oc4ccccc4c23)cc1. The Labute approximate surface area is 299 Å². The van der Waals surface area contributed by atoms with Gasteiger partial charge in [0, 0.05) is 49.6 Å². The van der Waals surface area contributed by atoms with E-state index in [1.807, 2.05) is 18.2 Å². The van der Waals surface area contributed by atoms with Gasteiger partial charge in [0.25, 0.3) is 0 Å². The summed E-state index contributed by atoms with van der Waals surface area (Å²) in [7, 11) is 0. The predicted octanol–water partition coefficient (Wildman–Crippen LogP) is 13.7. The van der Waals surface area contributed by atoms with Crippen molar-refractivity contribution >= 4 is 82.7 Å². The first-order valence-electron chi connectivity index (χ1n) is 17.6. The molecule has 0 bridgehead atoms. The average Bonchev–Trinajstić information content (AvgIpc) is 3.88. The number of furan rings is 2. The van der Waals surface area contributed by atoms with Crippen molar-refractivity contribution in [1.29, 1.82) is 0 Å². The van der Waals surface area contributed by atoms with Crippen LogP contribution in [0.1, 0.15) is 0 Å². The van der Waals surface area contributed by atoms with Crippen molar-refractivity contribution in [3.8, 4) is 16.8 Å². The molecule has 52 heavy (non-hydrogen) atoms. The van der Waals surface area contributed by atoms with E-state index in [1.165, 1.54) is 21.8 Å². The van der Waals surface area contributed by atoms with Gasteiger partial charge in [-0.3, -0.25) is 0 Å². The van der Waals surface area contributed by atoms with E-state index < -0.39 is 0 Å². The summed E-state index contributed by atoms with van der Waals surface area (Å²) in [5.74, 6) is 0. The Bertz CT molecular complexity index is 3090. The van der Waals surface area contributed by atoms with Gasteiger partial charge in [0.15, 0.2) is 0 Å². The number of hydrogen-bond acceptors (Lipinski definition) is 3. The van der Waals surface area contributed by atoms with Crippen LogP contribution in [0, 0.1) is 0 Å². The van der Waals surface area contributed by atoms with E-state index in [0.717, 1.165) is 77.8 Å². The molecule has 0 unspecified atom stereocenters. The summed E-state index contributed by atoms with van der Waals surface area (Å²) < 4.78 is 15.4. The molecule has 0 amide bonds. The van der Waals surface area contributed by atoms with Crippen molar-refractivity contribution in [1.82, 2.24) is 4.57 Å². The summed E-state index contributed by atoms with van der Waals surface area (Å²) >= 11 is 0. The number of rotatable bonds is 5. The van der Waals surface area contributed by atoms with Gasteiger partial charge in [-0.1, -0.05) is 103 Å². The van der Waals surface area contributed by atoms with Crippen LogP contribution in [0.5, 0.6) is 0 Å². The van der Waals surface area contributed by atoms with E-state index in [-0.39, 0.29) is 0 Å². The van der Waals surface area contributed by atoms with Crippen LogP contribution in [-0.4, -0.2) is 4.57 Å². The van der Waals surface area contributed by atoms with Gasteiger partial charge in [-0.2, -0.15) is 0 Å². The normalized spacial score (nSPS) is 11.8. The zero-order valence-electron chi connectivity index (χ0n) is 28.0. The molecule has 0 spiro atoms. The quantitative estimate of drug-likeness (QED) is 0.183. The summed E-state index contributed by atoms with van der Waals surface area (Å²) in [6.07, 6.45) is 0. The predicted molar refractivity (Wildman–Crippen MR) is 215 cm³/mol. The van der Waals surface area contributed by atoms with Crippen LogP contribution in [0.15, 0.2) is 191 Å². The monoisotopic (exact) mass is 666 g/mol. The number of fused-ring (bicyclic) bond motifs is 9. The van der Waals surface area contributed by atoms with Crippen LogP contribution in [0.4, 0.5) is 17.1 Å². The van der Waals surface area contributed by atoms with Gasteiger partial charge in [-0.05, 0) is 84.4 Å². The van der Waals surface area contributed by atoms with Crippen molar-refractivity contribution in [2.45, 2.75) is 0 Å². The standard InChI is InChI=1S/C48H30N2O2/c1-2-14-32(15-3-1)49(34-25-28-46-40(30-34)38-19-6-10-23-44(38)51-46)43-27-26-35(48-47(43)39-20-7-11-24-45(39)52-48)31-13-12-16-33(29-31)50-41-21-8-4-17-36(41)37-18-5-9-22-42(37)50/h1-30H. The second-order valence-electron chi connectivity index (χ2n) is 13.3. The van der Waals surface area contributed by atoms with Crippen LogP contribution in [0.2, 0.25) is 0 Å². The second-order valence-corrected chi connectivity index (χ2v) is 13.3. The van der Waals surface area contributed by atoms with Gasteiger partial charge in [-0.25, -0.2) is 0 Å². The second kappa shape index (κ2) is 11.2. The molecule has 0 saturated heterocycles. The summed E-state index contributed by atoms with van der Waals surface area (Å²) in [6.45, 7) is 0. The molecular weight excluding hydrogens is 637 g/mol. The number of para-hydroxylation sites is 5. The lowest BCUT2D eigenvalue weighted by Gasteiger charge is -2.26. The summed E-state index contributed by atoms with van der Waals surface area (Å²) in [5.41, 5.74) is 12.2. The topological polar surface area (TPSA) is 34.5 Å². The van der Waals surface area contributed by atoms with E-state index in [1.54, 1.807) is 0 Å². The van der Waals surface area contributed by atoms with Gasteiger partial charge in [0.2, 0.25) is 0 Å². The fourth-order valence-electron chi connectivity index (χ4n) is 8.10. The summed E-state index contributed by atoms with van der Waals surface area (Å²) in [5, 5.41) is 6.82. The number of hydrogen-bond donors (Lipinski definition) is 0. The molecule has 8 aromatic carbocycles.